The van der Waals surface area contributed by atoms with E-state index in [-0.39, 0.29) is 30.7 Å². The van der Waals surface area contributed by atoms with Crippen LogP contribution in [0.4, 0.5) is 5.69 Å². The highest BCUT2D eigenvalue weighted by Gasteiger charge is 2.18. The molecule has 2 rings (SSSR count). The van der Waals surface area contributed by atoms with Gasteiger partial charge in [-0.15, -0.1) is 0 Å². The van der Waals surface area contributed by atoms with E-state index >= 15 is 0 Å². The molecule has 0 saturated carbocycles. The van der Waals surface area contributed by atoms with E-state index in [0.29, 0.717) is 23.4 Å². The van der Waals surface area contributed by atoms with Gasteiger partial charge in [0.15, 0.2) is 0 Å². The molecule has 0 heterocycles. The van der Waals surface area contributed by atoms with Crippen LogP contribution in [-0.2, 0) is 4.79 Å². The van der Waals surface area contributed by atoms with Crippen molar-refractivity contribution in [3.8, 4) is 0 Å². The maximum Gasteiger partial charge on any atom is 0.305 e. The maximum absolute atomic E-state index is 12.7. The number of nitrogens with one attached hydrogen (secondary N) is 1. The fraction of sp³-hybridized carbons (Fsp3) is 0.286. The number of hydrogen-bond donors (Lipinski definition) is 2. The molecule has 0 aliphatic carbocycles. The van der Waals surface area contributed by atoms with Gasteiger partial charge in [0.1, 0.15) is 0 Å². The van der Waals surface area contributed by atoms with Crippen molar-refractivity contribution in [2.45, 2.75) is 20.3 Å². The second kappa shape index (κ2) is 9.52. The van der Waals surface area contributed by atoms with Crippen LogP contribution in [0, 0.1) is 5.92 Å². The highest BCUT2D eigenvalue weighted by molar-refractivity contribution is 6.04. The molecule has 0 fully saturated rings. The molecular formula is C21H24N2O4. The molecule has 0 aromatic heterocycles. The molecule has 0 saturated heterocycles. The second-order valence-electron chi connectivity index (χ2n) is 6.69. The van der Waals surface area contributed by atoms with Crippen molar-refractivity contribution in [3.05, 3.63) is 65.7 Å². The number of benzene rings is 2. The molecule has 0 aliphatic heterocycles. The van der Waals surface area contributed by atoms with Crippen LogP contribution < -0.4 is 5.32 Å². The van der Waals surface area contributed by atoms with Crippen molar-refractivity contribution in [1.29, 1.82) is 0 Å². The molecular weight excluding hydrogens is 344 g/mol. The Morgan fingerprint density at radius 2 is 1.59 bits per heavy atom. The van der Waals surface area contributed by atoms with E-state index in [1.165, 1.54) is 0 Å². The van der Waals surface area contributed by atoms with Crippen LogP contribution in [0.15, 0.2) is 54.6 Å². The molecule has 0 bridgehead atoms. The minimum atomic E-state index is -0.935. The molecule has 2 aromatic carbocycles. The summed E-state index contributed by atoms with van der Waals surface area (Å²) in [6.45, 7) is 4.60. The van der Waals surface area contributed by atoms with Crippen LogP contribution in [0.3, 0.4) is 0 Å². The summed E-state index contributed by atoms with van der Waals surface area (Å²) in [5.41, 5.74) is 1.59. The number of carbonyl (C=O) groups is 3. The van der Waals surface area contributed by atoms with Crippen molar-refractivity contribution in [3.63, 3.8) is 0 Å². The topological polar surface area (TPSA) is 86.7 Å². The van der Waals surface area contributed by atoms with Gasteiger partial charge in [0.05, 0.1) is 6.42 Å². The van der Waals surface area contributed by atoms with Crippen molar-refractivity contribution < 1.29 is 19.5 Å². The van der Waals surface area contributed by atoms with Gasteiger partial charge in [-0.2, -0.15) is 0 Å². The minimum absolute atomic E-state index is 0.0936. The van der Waals surface area contributed by atoms with Gasteiger partial charge >= 0.3 is 5.97 Å². The van der Waals surface area contributed by atoms with Gasteiger partial charge in [-0.1, -0.05) is 32.0 Å². The molecule has 0 atom stereocenters. The molecule has 0 spiro atoms. The number of carboxylic acids is 1. The molecule has 142 valence electrons. The Morgan fingerprint density at radius 3 is 2.15 bits per heavy atom. The Bertz CT molecular complexity index is 786. The van der Waals surface area contributed by atoms with E-state index in [9.17, 15) is 14.4 Å². The number of nitrogens with zero attached hydrogens (tertiary/aromatic N) is 1. The number of carboxylic acid groups (broad SMARTS) is 1. The van der Waals surface area contributed by atoms with Crippen LogP contribution in [0.2, 0.25) is 0 Å². The zero-order chi connectivity index (χ0) is 19.8. The summed E-state index contributed by atoms with van der Waals surface area (Å²) in [4.78, 5) is 37.2. The zero-order valence-electron chi connectivity index (χ0n) is 15.5. The van der Waals surface area contributed by atoms with Crippen molar-refractivity contribution in [2.24, 2.45) is 5.92 Å². The number of amides is 2. The lowest BCUT2D eigenvalue weighted by molar-refractivity contribution is -0.137. The highest BCUT2D eigenvalue weighted by atomic mass is 16.4. The van der Waals surface area contributed by atoms with E-state index in [2.05, 4.69) is 5.32 Å². The van der Waals surface area contributed by atoms with E-state index in [0.717, 1.165) is 0 Å². The Hall–Kier alpha value is -3.15. The first kappa shape index (κ1) is 20.2. The SMILES string of the molecule is CC(C)CN(CCC(=O)O)C(=O)c1ccc(NC(=O)c2ccccc2)cc1. The molecule has 6 heteroatoms. The average Bonchev–Trinajstić information content (AvgIpc) is 2.65. The van der Waals surface area contributed by atoms with Crippen LogP contribution >= 0.6 is 0 Å². The number of rotatable bonds is 8. The summed E-state index contributed by atoms with van der Waals surface area (Å²) in [6.07, 6.45) is -0.0936. The fourth-order valence-corrected chi connectivity index (χ4v) is 2.62. The van der Waals surface area contributed by atoms with E-state index in [4.69, 9.17) is 5.11 Å². The predicted molar refractivity (Wildman–Crippen MR) is 104 cm³/mol. The van der Waals surface area contributed by atoms with Gasteiger partial charge in [0.25, 0.3) is 11.8 Å². The van der Waals surface area contributed by atoms with Crippen LogP contribution in [-0.4, -0.2) is 40.9 Å². The quantitative estimate of drug-likeness (QED) is 0.746. The molecule has 27 heavy (non-hydrogen) atoms. The maximum atomic E-state index is 12.7. The summed E-state index contributed by atoms with van der Waals surface area (Å²) in [6, 6.07) is 15.5. The lowest BCUT2D eigenvalue weighted by atomic mass is 10.1. The van der Waals surface area contributed by atoms with Crippen molar-refractivity contribution in [2.75, 3.05) is 18.4 Å². The molecule has 0 aliphatic rings. The molecule has 2 aromatic rings. The average molecular weight is 368 g/mol. The summed E-state index contributed by atoms with van der Waals surface area (Å²) < 4.78 is 0. The third-order valence-corrected chi connectivity index (χ3v) is 3.89. The molecule has 2 amide bonds. The first-order valence-electron chi connectivity index (χ1n) is 8.84. The highest BCUT2D eigenvalue weighted by Crippen LogP contribution is 2.14. The number of anilines is 1. The lowest BCUT2D eigenvalue weighted by Gasteiger charge is -2.24. The van der Waals surface area contributed by atoms with Gasteiger partial charge < -0.3 is 15.3 Å². The summed E-state index contributed by atoms with van der Waals surface area (Å²) in [5, 5.41) is 11.7. The summed E-state index contributed by atoms with van der Waals surface area (Å²) in [5.74, 6) is -1.15. The van der Waals surface area contributed by atoms with E-state index in [1.807, 2.05) is 19.9 Å². The van der Waals surface area contributed by atoms with Crippen LogP contribution in [0.5, 0.6) is 0 Å². The monoisotopic (exact) mass is 368 g/mol. The summed E-state index contributed by atoms with van der Waals surface area (Å²) in [7, 11) is 0. The fourth-order valence-electron chi connectivity index (χ4n) is 2.62. The standard InChI is InChI=1S/C21H24N2O4/c1-15(2)14-23(13-12-19(24)25)21(27)17-8-10-18(11-9-17)22-20(26)16-6-4-3-5-7-16/h3-11,15H,12-14H2,1-2H3,(H,22,26)(H,24,25). The third-order valence-electron chi connectivity index (χ3n) is 3.89. The second-order valence-corrected chi connectivity index (χ2v) is 6.69. The van der Waals surface area contributed by atoms with Crippen molar-refractivity contribution >= 4 is 23.5 Å². The van der Waals surface area contributed by atoms with Crippen LogP contribution in [0.1, 0.15) is 41.0 Å². The lowest BCUT2D eigenvalue weighted by Crippen LogP contribution is -2.36. The Kier molecular flexibility index (Phi) is 7.11. The number of carbonyl (C=O) groups excluding carboxylic acids is 2. The minimum Gasteiger partial charge on any atom is -0.481 e. The van der Waals surface area contributed by atoms with E-state index in [1.54, 1.807) is 53.4 Å². The predicted octanol–water partition coefficient (Wildman–Crippen LogP) is 3.51. The van der Waals surface area contributed by atoms with E-state index < -0.39 is 5.97 Å². The largest absolute Gasteiger partial charge is 0.481 e. The molecule has 0 unspecified atom stereocenters. The molecule has 0 radical (unpaired) electrons. The normalized spacial score (nSPS) is 10.5. The molecule has 6 nitrogen and oxygen atoms in total. The van der Waals surface area contributed by atoms with Crippen molar-refractivity contribution in [1.82, 2.24) is 4.90 Å². The van der Waals surface area contributed by atoms with Gasteiger partial charge in [-0.25, -0.2) is 0 Å². The number of aliphatic carboxylic acids is 1. The van der Waals surface area contributed by atoms with Gasteiger partial charge in [0, 0.05) is 29.9 Å². The summed E-state index contributed by atoms with van der Waals surface area (Å²) >= 11 is 0. The number of hydrogen-bond acceptors (Lipinski definition) is 3. The van der Waals surface area contributed by atoms with Gasteiger partial charge in [-0.3, -0.25) is 14.4 Å². The van der Waals surface area contributed by atoms with Gasteiger partial charge in [0.2, 0.25) is 0 Å². The zero-order valence-corrected chi connectivity index (χ0v) is 15.5. The smallest absolute Gasteiger partial charge is 0.305 e. The Balaban J connectivity index is 2.06. The van der Waals surface area contributed by atoms with Gasteiger partial charge in [-0.05, 0) is 42.3 Å². The van der Waals surface area contributed by atoms with Crippen LogP contribution in [0.25, 0.3) is 0 Å². The Morgan fingerprint density at radius 1 is 0.963 bits per heavy atom. The molecule has 2 N–H and O–H groups in total. The first-order valence-corrected chi connectivity index (χ1v) is 8.84. The first-order chi connectivity index (χ1) is 12.9. The Labute approximate surface area is 158 Å². The third kappa shape index (κ3) is 6.26.